The highest BCUT2D eigenvalue weighted by Crippen LogP contribution is 2.56. The predicted octanol–water partition coefficient (Wildman–Crippen LogP) is 17.1. The third-order valence-corrected chi connectivity index (χ3v) is 16.8. The molecule has 3 aromatic heterocycles. The normalized spacial score (nSPS) is 13.6. The Morgan fingerprint density at radius 3 is 1.44 bits per heavy atom. The molecule has 0 saturated carbocycles. The van der Waals surface area contributed by atoms with Gasteiger partial charge in [-0.05, 0) is 110 Å². The molecular formula is C71H47N7. The monoisotopic (exact) mass is 997 g/mol. The van der Waals surface area contributed by atoms with Gasteiger partial charge in [-0.25, -0.2) is 15.0 Å². The molecule has 15 rings (SSSR count). The lowest BCUT2D eigenvalue weighted by Gasteiger charge is -2.23. The van der Waals surface area contributed by atoms with E-state index in [4.69, 9.17) is 15.0 Å². The number of aromatic nitrogens is 5. The quantitative estimate of drug-likeness (QED) is 0.165. The Hall–Kier alpha value is -10.2. The molecule has 0 radical (unpaired) electrons. The van der Waals surface area contributed by atoms with Crippen LogP contribution in [0.5, 0.6) is 0 Å². The van der Waals surface area contributed by atoms with Crippen molar-refractivity contribution in [2.24, 2.45) is 0 Å². The Balaban J connectivity index is 1.04. The molecule has 2 aliphatic rings. The number of nitriles is 2. The van der Waals surface area contributed by atoms with Gasteiger partial charge in [0.1, 0.15) is 0 Å². The minimum Gasteiger partial charge on any atom is -0.308 e. The Labute approximate surface area is 451 Å². The molecule has 13 aromatic rings. The summed E-state index contributed by atoms with van der Waals surface area (Å²) in [5, 5.41) is 26.3. The number of hydrogen-bond acceptors (Lipinski definition) is 5. The van der Waals surface area contributed by atoms with Crippen LogP contribution in [0.2, 0.25) is 0 Å². The summed E-state index contributed by atoms with van der Waals surface area (Å²) < 4.78 is 4.67. The molecule has 0 spiro atoms. The first-order chi connectivity index (χ1) is 38.1. The number of rotatable bonds is 6. The summed E-state index contributed by atoms with van der Waals surface area (Å²) in [4.78, 5) is 16.6. The van der Waals surface area contributed by atoms with Crippen molar-refractivity contribution in [1.29, 1.82) is 10.5 Å². The van der Waals surface area contributed by atoms with Crippen molar-refractivity contribution in [3.8, 4) is 91.1 Å². The van der Waals surface area contributed by atoms with Crippen LogP contribution in [-0.4, -0.2) is 24.1 Å². The average molecular weight is 998 g/mol. The molecule has 78 heavy (non-hydrogen) atoms. The molecule has 2 aliphatic carbocycles. The van der Waals surface area contributed by atoms with E-state index >= 15 is 0 Å². The summed E-state index contributed by atoms with van der Waals surface area (Å²) in [6, 6.07) is 78.9. The molecule has 0 bridgehead atoms. The van der Waals surface area contributed by atoms with Gasteiger partial charge in [-0.2, -0.15) is 10.5 Å². The highest BCUT2D eigenvalue weighted by Gasteiger charge is 2.40. The standard InChI is InChI=1S/C71H47N7/c1-70(2)53-29-12-8-24-47(53)49-35-37-59-62(65(49)70)51-26-10-14-31-55(51)77(59)57-33-17-23-45(41-73)61(57)68-74-67(43-20-6-5-7-21-43)75-69(76-68)64-46(44-22-16-19-42(39-44)40-72)28-18-34-58(64)78-56-32-15-11-27-52(56)63-60(78)38-36-50-48-25-9-13-30-54(48)71(3,4)66(50)63/h5-39H,1-4H3. The van der Waals surface area contributed by atoms with E-state index in [9.17, 15) is 10.5 Å². The minimum atomic E-state index is -0.278. The summed E-state index contributed by atoms with van der Waals surface area (Å²) in [5.74, 6) is 1.24. The molecule has 7 heteroatoms. The van der Waals surface area contributed by atoms with Gasteiger partial charge in [0.25, 0.3) is 0 Å². The van der Waals surface area contributed by atoms with Gasteiger partial charge in [0.05, 0.1) is 67.8 Å². The number of para-hydroxylation sites is 2. The van der Waals surface area contributed by atoms with Crippen LogP contribution in [0.15, 0.2) is 212 Å². The maximum atomic E-state index is 11.3. The fourth-order valence-corrected chi connectivity index (χ4v) is 13.5. The first-order valence-electron chi connectivity index (χ1n) is 26.5. The van der Waals surface area contributed by atoms with Crippen LogP contribution in [0, 0.1) is 22.7 Å². The molecule has 0 atom stereocenters. The van der Waals surface area contributed by atoms with Crippen molar-refractivity contribution in [2.45, 2.75) is 38.5 Å². The van der Waals surface area contributed by atoms with E-state index in [1.807, 2.05) is 66.7 Å². The summed E-state index contributed by atoms with van der Waals surface area (Å²) in [5.41, 5.74) is 20.2. The lowest BCUT2D eigenvalue weighted by Crippen LogP contribution is -2.15. The Morgan fingerprint density at radius 2 is 0.846 bits per heavy atom. The summed E-state index contributed by atoms with van der Waals surface area (Å²) in [6.07, 6.45) is 0. The SMILES string of the molecule is CC1(C)c2ccccc2-c2ccc3c(c21)c1ccccc1n3-c1cccc(C#N)c1-c1nc(-c2ccccc2)nc(-c2c(-c3cccc(C#N)c3)cccc2-n2c3ccccc3c3c4c(ccc32)-c2ccccc2C4(C)C)n1. The Kier molecular flexibility index (Phi) is 9.65. The van der Waals surface area contributed by atoms with E-state index in [0.29, 0.717) is 34.2 Å². The van der Waals surface area contributed by atoms with Gasteiger partial charge in [0, 0.05) is 37.9 Å². The second-order valence-electron chi connectivity index (χ2n) is 21.7. The average Bonchev–Trinajstić information content (AvgIpc) is 3.99. The zero-order valence-electron chi connectivity index (χ0n) is 43.3. The van der Waals surface area contributed by atoms with Crippen LogP contribution in [0.1, 0.15) is 61.1 Å². The predicted molar refractivity (Wildman–Crippen MR) is 315 cm³/mol. The van der Waals surface area contributed by atoms with Crippen LogP contribution in [-0.2, 0) is 10.8 Å². The van der Waals surface area contributed by atoms with Crippen LogP contribution in [0.4, 0.5) is 0 Å². The zero-order chi connectivity index (χ0) is 52.6. The molecule has 7 nitrogen and oxygen atoms in total. The molecule has 0 aliphatic heterocycles. The van der Waals surface area contributed by atoms with E-state index in [1.54, 1.807) is 0 Å². The molecule has 0 saturated heterocycles. The lowest BCUT2D eigenvalue weighted by atomic mass is 9.80. The molecule has 10 aromatic carbocycles. The fraction of sp³-hybridized carbons (Fsp3) is 0.0845. The molecule has 0 fully saturated rings. The molecule has 3 heterocycles. The third-order valence-electron chi connectivity index (χ3n) is 16.8. The number of hydrogen-bond donors (Lipinski definition) is 0. The van der Waals surface area contributed by atoms with Crippen LogP contribution in [0.25, 0.3) is 123 Å². The van der Waals surface area contributed by atoms with Crippen molar-refractivity contribution in [3.63, 3.8) is 0 Å². The van der Waals surface area contributed by atoms with E-state index in [2.05, 4.69) is 195 Å². The first kappa shape index (κ1) is 45.2. The van der Waals surface area contributed by atoms with Gasteiger partial charge in [0.15, 0.2) is 17.5 Å². The minimum absolute atomic E-state index is 0.277. The second-order valence-corrected chi connectivity index (χ2v) is 21.7. The largest absolute Gasteiger partial charge is 0.308 e. The summed E-state index contributed by atoms with van der Waals surface area (Å²) in [6.45, 7) is 9.34. The van der Waals surface area contributed by atoms with Gasteiger partial charge in [-0.15, -0.1) is 0 Å². The summed E-state index contributed by atoms with van der Waals surface area (Å²) in [7, 11) is 0. The Bertz CT molecular complexity index is 4820. The molecule has 0 unspecified atom stereocenters. The van der Waals surface area contributed by atoms with Gasteiger partial charge in [-0.1, -0.05) is 185 Å². The van der Waals surface area contributed by atoms with Crippen molar-refractivity contribution < 1.29 is 0 Å². The van der Waals surface area contributed by atoms with Gasteiger partial charge in [-0.3, -0.25) is 0 Å². The number of benzene rings is 10. The molecular weight excluding hydrogens is 951 g/mol. The van der Waals surface area contributed by atoms with E-state index < -0.39 is 0 Å². The molecule has 366 valence electrons. The van der Waals surface area contributed by atoms with E-state index in [0.717, 1.165) is 66.5 Å². The maximum absolute atomic E-state index is 11.3. The van der Waals surface area contributed by atoms with Gasteiger partial charge < -0.3 is 9.13 Å². The van der Waals surface area contributed by atoms with Crippen LogP contribution in [0.3, 0.4) is 0 Å². The third kappa shape index (κ3) is 6.27. The van der Waals surface area contributed by atoms with E-state index in [1.165, 1.54) is 55.3 Å². The highest BCUT2D eigenvalue weighted by molar-refractivity contribution is 6.16. The van der Waals surface area contributed by atoms with Gasteiger partial charge >= 0.3 is 0 Å². The van der Waals surface area contributed by atoms with Crippen molar-refractivity contribution in [2.75, 3.05) is 0 Å². The second kappa shape index (κ2) is 16.6. The van der Waals surface area contributed by atoms with Crippen molar-refractivity contribution >= 4 is 43.6 Å². The molecule has 0 N–H and O–H groups in total. The number of fused-ring (bicyclic) bond motifs is 14. The van der Waals surface area contributed by atoms with Crippen molar-refractivity contribution in [1.82, 2.24) is 24.1 Å². The van der Waals surface area contributed by atoms with Crippen molar-refractivity contribution in [3.05, 3.63) is 246 Å². The molecule has 0 amide bonds. The Morgan fingerprint density at radius 1 is 0.372 bits per heavy atom. The lowest BCUT2D eigenvalue weighted by molar-refractivity contribution is 0.666. The topological polar surface area (TPSA) is 96.1 Å². The number of nitrogens with zero attached hydrogens (tertiary/aromatic N) is 7. The highest BCUT2D eigenvalue weighted by atomic mass is 15.1. The first-order valence-corrected chi connectivity index (χ1v) is 26.5. The smallest absolute Gasteiger partial charge is 0.167 e. The van der Waals surface area contributed by atoms with Gasteiger partial charge in [0.2, 0.25) is 0 Å². The fourth-order valence-electron chi connectivity index (χ4n) is 13.5. The van der Waals surface area contributed by atoms with E-state index in [-0.39, 0.29) is 10.8 Å². The zero-order valence-corrected chi connectivity index (χ0v) is 43.3. The van der Waals surface area contributed by atoms with Crippen LogP contribution >= 0.6 is 0 Å². The summed E-state index contributed by atoms with van der Waals surface area (Å²) >= 11 is 0. The maximum Gasteiger partial charge on any atom is 0.167 e. The van der Waals surface area contributed by atoms with Crippen LogP contribution < -0.4 is 0 Å².